The van der Waals surface area contributed by atoms with Crippen molar-refractivity contribution in [2.45, 2.75) is 37.4 Å². The first kappa shape index (κ1) is 18.1. The van der Waals surface area contributed by atoms with Crippen LogP contribution in [0.3, 0.4) is 0 Å². The zero-order chi connectivity index (χ0) is 18.7. The van der Waals surface area contributed by atoms with Crippen LogP contribution in [0.5, 0.6) is 5.75 Å². The van der Waals surface area contributed by atoms with Gasteiger partial charge < -0.3 is 15.0 Å². The number of carbonyl (C=O) groups excluding carboxylic acids is 1. The number of fused-ring (bicyclic) bond motifs is 1. The van der Waals surface area contributed by atoms with Gasteiger partial charge in [0.25, 0.3) is 5.56 Å². The van der Waals surface area contributed by atoms with Gasteiger partial charge in [-0.05, 0) is 19.9 Å². The lowest BCUT2D eigenvalue weighted by atomic mass is 9.86. The second-order valence-electron chi connectivity index (χ2n) is 6.14. The molecule has 1 atom stereocenters. The molecule has 2 N–H and O–H groups in total. The summed E-state index contributed by atoms with van der Waals surface area (Å²) in [5.41, 5.74) is 0.960. The maximum Gasteiger partial charge on any atom is 0.257 e. The lowest BCUT2D eigenvalue weighted by molar-refractivity contribution is -0.116. The van der Waals surface area contributed by atoms with E-state index < -0.39 is 5.92 Å². The number of anilines is 1. The lowest BCUT2D eigenvalue weighted by Gasteiger charge is -2.26. The maximum absolute atomic E-state index is 12.7. The molecule has 1 aromatic heterocycles. The van der Waals surface area contributed by atoms with Gasteiger partial charge in [-0.15, -0.1) is 6.42 Å². The molecular formula is C19H19N3O3S. The molecule has 26 heavy (non-hydrogen) atoms. The number of H-pyrrole nitrogens is 1. The number of terminal acetylenes is 1. The van der Waals surface area contributed by atoms with Gasteiger partial charge in [0, 0.05) is 17.9 Å². The van der Waals surface area contributed by atoms with Crippen molar-refractivity contribution in [1.82, 2.24) is 9.97 Å². The fourth-order valence-corrected chi connectivity index (χ4v) is 3.47. The van der Waals surface area contributed by atoms with Crippen LogP contribution in [-0.2, 0) is 4.79 Å². The quantitative estimate of drug-likeness (QED) is 0.481. The van der Waals surface area contributed by atoms with Gasteiger partial charge >= 0.3 is 0 Å². The van der Waals surface area contributed by atoms with Crippen LogP contribution in [0.1, 0.15) is 37.3 Å². The van der Waals surface area contributed by atoms with E-state index in [1.165, 1.54) is 11.8 Å². The number of hydrogen-bond donors (Lipinski definition) is 2. The predicted molar refractivity (Wildman–Crippen MR) is 102 cm³/mol. The number of nitrogens with one attached hydrogen (secondary N) is 2. The summed E-state index contributed by atoms with van der Waals surface area (Å²) in [5.74, 6) is 3.21. The van der Waals surface area contributed by atoms with Crippen molar-refractivity contribution >= 4 is 23.5 Å². The topological polar surface area (TPSA) is 84.1 Å². The molecule has 0 saturated carbocycles. The van der Waals surface area contributed by atoms with Crippen LogP contribution in [0.2, 0.25) is 0 Å². The van der Waals surface area contributed by atoms with E-state index >= 15 is 0 Å². The average molecular weight is 369 g/mol. The van der Waals surface area contributed by atoms with Crippen LogP contribution in [0, 0.1) is 12.3 Å². The Morgan fingerprint density at radius 1 is 1.38 bits per heavy atom. The normalized spacial score (nSPS) is 15.9. The molecular weight excluding hydrogens is 350 g/mol. The van der Waals surface area contributed by atoms with E-state index in [-0.39, 0.29) is 29.8 Å². The average Bonchev–Trinajstić information content (AvgIpc) is 2.59. The Morgan fingerprint density at radius 3 is 2.88 bits per heavy atom. The first-order chi connectivity index (χ1) is 12.5. The van der Waals surface area contributed by atoms with Crippen LogP contribution >= 0.6 is 11.8 Å². The highest BCUT2D eigenvalue weighted by molar-refractivity contribution is 7.99. The Balaban J connectivity index is 2.09. The minimum atomic E-state index is -0.420. The molecule has 1 amide bonds. The van der Waals surface area contributed by atoms with Gasteiger partial charge in [0.2, 0.25) is 5.91 Å². The van der Waals surface area contributed by atoms with Gasteiger partial charge in [0.1, 0.15) is 11.6 Å². The number of rotatable bonds is 5. The standard InChI is InChI=1S/C19H19N3O3S/c1-4-9-26-19-21-17-16(18(24)22-19)13(10-15(23)20-17)12-7-5-6-8-14(12)25-11(2)3/h1,5-8,11,13H,9-10H2,2-3H3,(H2,20,21,22,23,24). The summed E-state index contributed by atoms with van der Waals surface area (Å²) in [4.78, 5) is 32.1. The summed E-state index contributed by atoms with van der Waals surface area (Å²) in [6.45, 7) is 3.86. The monoisotopic (exact) mass is 369 g/mol. The number of amides is 1. The number of aromatic amines is 1. The predicted octanol–water partition coefficient (Wildman–Crippen LogP) is 2.76. The molecule has 1 aromatic carbocycles. The van der Waals surface area contributed by atoms with Gasteiger partial charge in [-0.3, -0.25) is 9.59 Å². The molecule has 134 valence electrons. The summed E-state index contributed by atoms with van der Waals surface area (Å²) < 4.78 is 5.87. The Kier molecular flexibility index (Phi) is 5.33. The third kappa shape index (κ3) is 3.75. The van der Waals surface area contributed by atoms with Crippen LogP contribution < -0.4 is 15.6 Å². The molecule has 2 aromatic rings. The molecule has 6 nitrogen and oxygen atoms in total. The van der Waals surface area contributed by atoms with E-state index in [1.54, 1.807) is 0 Å². The van der Waals surface area contributed by atoms with Crippen molar-refractivity contribution < 1.29 is 9.53 Å². The van der Waals surface area contributed by atoms with Gasteiger partial charge in [-0.25, -0.2) is 4.98 Å². The molecule has 1 aliphatic heterocycles. The summed E-state index contributed by atoms with van der Waals surface area (Å²) in [5, 5.41) is 3.09. The number of hydrogen-bond acceptors (Lipinski definition) is 5. The van der Waals surface area contributed by atoms with E-state index in [4.69, 9.17) is 11.2 Å². The minimum absolute atomic E-state index is 0.0213. The van der Waals surface area contributed by atoms with E-state index in [0.717, 1.165) is 5.56 Å². The smallest absolute Gasteiger partial charge is 0.257 e. The van der Waals surface area contributed by atoms with Gasteiger partial charge in [-0.1, -0.05) is 35.9 Å². The first-order valence-electron chi connectivity index (χ1n) is 8.25. The number of ether oxygens (including phenoxy) is 1. The fraction of sp³-hybridized carbons (Fsp3) is 0.316. The van der Waals surface area contributed by atoms with Crippen LogP contribution in [0.15, 0.2) is 34.2 Å². The Hall–Kier alpha value is -2.72. The second kappa shape index (κ2) is 7.67. The zero-order valence-corrected chi connectivity index (χ0v) is 15.4. The van der Waals surface area contributed by atoms with Crippen molar-refractivity contribution in [3.63, 3.8) is 0 Å². The van der Waals surface area contributed by atoms with E-state index in [0.29, 0.717) is 22.2 Å². The zero-order valence-electron chi connectivity index (χ0n) is 14.5. The molecule has 2 heterocycles. The van der Waals surface area contributed by atoms with Crippen molar-refractivity contribution in [1.29, 1.82) is 0 Å². The third-order valence-corrected chi connectivity index (χ3v) is 4.66. The second-order valence-corrected chi connectivity index (χ2v) is 7.10. The van der Waals surface area contributed by atoms with Gasteiger partial charge in [0.05, 0.1) is 17.4 Å². The minimum Gasteiger partial charge on any atom is -0.491 e. The Labute approximate surface area is 155 Å². The van der Waals surface area contributed by atoms with Crippen LogP contribution in [0.4, 0.5) is 5.82 Å². The van der Waals surface area contributed by atoms with E-state index in [2.05, 4.69) is 21.2 Å². The summed E-state index contributed by atoms with van der Waals surface area (Å²) >= 11 is 1.24. The Morgan fingerprint density at radius 2 is 2.15 bits per heavy atom. The largest absolute Gasteiger partial charge is 0.491 e. The highest BCUT2D eigenvalue weighted by atomic mass is 32.2. The molecule has 1 aliphatic rings. The molecule has 1 unspecified atom stereocenters. The molecule has 0 saturated heterocycles. The third-order valence-electron chi connectivity index (χ3n) is 3.88. The van der Waals surface area contributed by atoms with Gasteiger partial charge in [0.15, 0.2) is 5.16 Å². The molecule has 7 heteroatoms. The summed E-state index contributed by atoms with van der Waals surface area (Å²) in [6, 6.07) is 7.46. The Bertz CT molecular complexity index is 930. The van der Waals surface area contributed by atoms with E-state index in [1.807, 2.05) is 38.1 Å². The molecule has 0 radical (unpaired) electrons. The van der Waals surface area contributed by atoms with E-state index in [9.17, 15) is 9.59 Å². The molecule has 0 spiro atoms. The number of carbonyl (C=O) groups is 1. The summed E-state index contributed by atoms with van der Waals surface area (Å²) in [7, 11) is 0. The van der Waals surface area contributed by atoms with Gasteiger partial charge in [-0.2, -0.15) is 0 Å². The maximum atomic E-state index is 12.7. The SMILES string of the molecule is C#CCSc1nc2c(c(=O)[nH]1)C(c1ccccc1OC(C)C)CC(=O)N2. The number of nitrogens with zero attached hydrogens (tertiary/aromatic N) is 1. The van der Waals surface area contributed by atoms with Crippen LogP contribution in [-0.4, -0.2) is 27.7 Å². The highest BCUT2D eigenvalue weighted by Crippen LogP contribution is 2.38. The molecule has 0 fully saturated rings. The van der Waals surface area contributed by atoms with Crippen molar-refractivity contribution in [2.24, 2.45) is 0 Å². The van der Waals surface area contributed by atoms with Crippen molar-refractivity contribution in [3.8, 4) is 18.1 Å². The number of para-hydroxylation sites is 1. The van der Waals surface area contributed by atoms with Crippen LogP contribution in [0.25, 0.3) is 0 Å². The molecule has 3 rings (SSSR count). The number of benzene rings is 1. The number of aromatic nitrogens is 2. The lowest BCUT2D eigenvalue weighted by Crippen LogP contribution is -2.31. The number of thioether (sulfide) groups is 1. The molecule has 0 bridgehead atoms. The molecule has 0 aliphatic carbocycles. The first-order valence-corrected chi connectivity index (χ1v) is 9.24. The highest BCUT2D eigenvalue weighted by Gasteiger charge is 2.32. The van der Waals surface area contributed by atoms with Crippen molar-refractivity contribution in [3.05, 3.63) is 45.7 Å². The van der Waals surface area contributed by atoms with Crippen molar-refractivity contribution in [2.75, 3.05) is 11.1 Å². The summed E-state index contributed by atoms with van der Waals surface area (Å²) in [6.07, 6.45) is 5.39. The fourth-order valence-electron chi connectivity index (χ4n) is 2.92.